The van der Waals surface area contributed by atoms with Crippen LogP contribution in [0.25, 0.3) is 0 Å². The van der Waals surface area contributed by atoms with E-state index in [2.05, 4.69) is 4.18 Å². The first-order chi connectivity index (χ1) is 4.77. The van der Waals surface area contributed by atoms with Crippen LogP contribution in [0.1, 0.15) is 6.92 Å². The summed E-state index contributed by atoms with van der Waals surface area (Å²) in [5.41, 5.74) is 0. The Labute approximate surface area is 62.3 Å². The predicted octanol–water partition coefficient (Wildman–Crippen LogP) is 0.915. The van der Waals surface area contributed by atoms with Gasteiger partial charge in [0.05, 0.1) is 5.75 Å². The van der Waals surface area contributed by atoms with E-state index >= 15 is 0 Å². The minimum atomic E-state index is -4.60. The molecule has 0 saturated carbocycles. The van der Waals surface area contributed by atoms with Crippen molar-refractivity contribution in [2.75, 3.05) is 12.4 Å². The molecule has 11 heavy (non-hydrogen) atoms. The van der Waals surface area contributed by atoms with Crippen molar-refractivity contribution < 1.29 is 25.8 Å². The lowest BCUT2D eigenvalue weighted by Gasteiger charge is -2.05. The summed E-state index contributed by atoms with van der Waals surface area (Å²) in [6.07, 6.45) is -4.60. The molecule has 0 rings (SSSR count). The van der Waals surface area contributed by atoms with Gasteiger partial charge >= 0.3 is 6.18 Å². The van der Waals surface area contributed by atoms with Crippen LogP contribution in [0.5, 0.6) is 0 Å². The maximum atomic E-state index is 11.3. The Morgan fingerprint density at radius 1 is 1.36 bits per heavy atom. The van der Waals surface area contributed by atoms with Crippen LogP contribution < -0.4 is 0 Å². The quantitative estimate of drug-likeness (QED) is 0.624. The summed E-state index contributed by atoms with van der Waals surface area (Å²) < 4.78 is 58.2. The highest BCUT2D eigenvalue weighted by atomic mass is 32.2. The molecule has 0 aromatic carbocycles. The molecule has 0 unspecified atom stereocenters. The van der Waals surface area contributed by atoms with Gasteiger partial charge in [0.25, 0.3) is 10.1 Å². The van der Waals surface area contributed by atoms with E-state index in [0.29, 0.717) is 0 Å². The Morgan fingerprint density at radius 3 is 2.09 bits per heavy atom. The van der Waals surface area contributed by atoms with Gasteiger partial charge in [0.15, 0.2) is 6.61 Å². The molecule has 0 aliphatic carbocycles. The SMILES string of the molecule is CCS(=O)(=O)OCC(F)(F)F. The molecule has 0 aliphatic heterocycles. The first-order valence-electron chi connectivity index (χ1n) is 2.70. The number of hydrogen-bond donors (Lipinski definition) is 0. The summed E-state index contributed by atoms with van der Waals surface area (Å²) in [6, 6.07) is 0. The fourth-order valence-corrected chi connectivity index (χ4v) is 0.720. The summed E-state index contributed by atoms with van der Waals surface area (Å²) in [5.74, 6) is -0.455. The van der Waals surface area contributed by atoms with Gasteiger partial charge in [0, 0.05) is 0 Å². The van der Waals surface area contributed by atoms with Gasteiger partial charge in [-0.05, 0) is 6.92 Å². The first-order valence-corrected chi connectivity index (χ1v) is 4.28. The molecule has 0 aromatic rings. The van der Waals surface area contributed by atoms with E-state index < -0.39 is 28.7 Å². The largest absolute Gasteiger partial charge is 0.413 e. The van der Waals surface area contributed by atoms with Gasteiger partial charge < -0.3 is 0 Å². The third-order valence-electron chi connectivity index (χ3n) is 0.756. The van der Waals surface area contributed by atoms with E-state index in [-0.39, 0.29) is 0 Å². The fraction of sp³-hybridized carbons (Fsp3) is 1.00. The van der Waals surface area contributed by atoms with Crippen LogP contribution in [-0.4, -0.2) is 27.0 Å². The normalized spacial score (nSPS) is 13.5. The van der Waals surface area contributed by atoms with E-state index in [1.807, 2.05) is 0 Å². The molecule has 0 heterocycles. The Balaban J connectivity index is 3.91. The highest BCUT2D eigenvalue weighted by Gasteiger charge is 2.30. The average molecular weight is 192 g/mol. The van der Waals surface area contributed by atoms with Crippen molar-refractivity contribution in [3.8, 4) is 0 Å². The molecule has 0 fully saturated rings. The Bertz CT molecular complexity index is 205. The van der Waals surface area contributed by atoms with Crippen LogP contribution in [0.15, 0.2) is 0 Å². The third kappa shape index (κ3) is 6.11. The van der Waals surface area contributed by atoms with Gasteiger partial charge in [0.2, 0.25) is 0 Å². The van der Waals surface area contributed by atoms with Crippen LogP contribution in [-0.2, 0) is 14.3 Å². The van der Waals surface area contributed by atoms with Crippen LogP contribution in [0, 0.1) is 0 Å². The second-order valence-electron chi connectivity index (χ2n) is 1.72. The molecule has 0 amide bonds. The summed E-state index contributed by atoms with van der Waals surface area (Å²) in [4.78, 5) is 0. The van der Waals surface area contributed by atoms with Crippen LogP contribution >= 0.6 is 0 Å². The number of halogens is 3. The monoisotopic (exact) mass is 192 g/mol. The number of rotatable bonds is 3. The molecule has 0 radical (unpaired) electrons. The lowest BCUT2D eigenvalue weighted by atomic mass is 10.7. The molecule has 0 atom stereocenters. The molecular weight excluding hydrogens is 185 g/mol. The topological polar surface area (TPSA) is 43.4 Å². The molecule has 7 heteroatoms. The standard InChI is InChI=1S/C4H7F3O3S/c1-2-11(8,9)10-3-4(5,6)7/h2-3H2,1H3. The molecule has 0 N–H and O–H groups in total. The van der Waals surface area contributed by atoms with Crippen LogP contribution in [0.3, 0.4) is 0 Å². The lowest BCUT2D eigenvalue weighted by Crippen LogP contribution is -2.21. The van der Waals surface area contributed by atoms with Gasteiger partial charge in [-0.2, -0.15) is 21.6 Å². The fourth-order valence-electron chi connectivity index (χ4n) is 0.240. The van der Waals surface area contributed by atoms with E-state index in [1.54, 1.807) is 0 Å². The van der Waals surface area contributed by atoms with Gasteiger partial charge in [-0.25, -0.2) is 0 Å². The van der Waals surface area contributed by atoms with Gasteiger partial charge in [-0.3, -0.25) is 4.18 Å². The molecule has 0 saturated heterocycles. The van der Waals surface area contributed by atoms with Gasteiger partial charge in [0.1, 0.15) is 0 Å². The third-order valence-corrected chi connectivity index (χ3v) is 1.94. The molecule has 0 aromatic heterocycles. The molecule has 68 valence electrons. The minimum Gasteiger partial charge on any atom is -0.261 e. The number of hydrogen-bond acceptors (Lipinski definition) is 3. The Morgan fingerprint density at radius 2 is 1.82 bits per heavy atom. The Kier molecular flexibility index (Phi) is 3.30. The molecule has 0 aliphatic rings. The maximum absolute atomic E-state index is 11.3. The zero-order valence-electron chi connectivity index (χ0n) is 5.68. The summed E-state index contributed by atoms with van der Waals surface area (Å²) in [5, 5.41) is 0. The highest BCUT2D eigenvalue weighted by Crippen LogP contribution is 2.15. The van der Waals surface area contributed by atoms with Crippen molar-refractivity contribution >= 4 is 10.1 Å². The lowest BCUT2D eigenvalue weighted by molar-refractivity contribution is -0.152. The van der Waals surface area contributed by atoms with Crippen molar-refractivity contribution in [1.29, 1.82) is 0 Å². The summed E-state index contributed by atoms with van der Waals surface area (Å²) >= 11 is 0. The zero-order chi connectivity index (χ0) is 9.12. The first kappa shape index (κ1) is 10.7. The van der Waals surface area contributed by atoms with Gasteiger partial charge in [-0.15, -0.1) is 0 Å². The number of alkyl halides is 3. The molecule has 0 bridgehead atoms. The maximum Gasteiger partial charge on any atom is 0.413 e. The smallest absolute Gasteiger partial charge is 0.261 e. The van der Waals surface area contributed by atoms with Crippen LogP contribution in [0.4, 0.5) is 13.2 Å². The van der Waals surface area contributed by atoms with Crippen molar-refractivity contribution in [2.45, 2.75) is 13.1 Å². The molecule has 3 nitrogen and oxygen atoms in total. The van der Waals surface area contributed by atoms with E-state index in [0.717, 1.165) is 0 Å². The summed E-state index contributed by atoms with van der Waals surface area (Å²) in [6.45, 7) is -0.547. The van der Waals surface area contributed by atoms with Crippen molar-refractivity contribution in [3.05, 3.63) is 0 Å². The van der Waals surface area contributed by atoms with Crippen molar-refractivity contribution in [1.82, 2.24) is 0 Å². The van der Waals surface area contributed by atoms with E-state index in [4.69, 9.17) is 0 Å². The average Bonchev–Trinajstić information content (AvgIpc) is 1.83. The second kappa shape index (κ2) is 3.40. The van der Waals surface area contributed by atoms with Crippen molar-refractivity contribution in [2.24, 2.45) is 0 Å². The Hall–Kier alpha value is -0.300. The minimum absolute atomic E-state index is 0.455. The second-order valence-corrected chi connectivity index (χ2v) is 3.65. The predicted molar refractivity (Wildman–Crippen MR) is 31.5 cm³/mol. The zero-order valence-corrected chi connectivity index (χ0v) is 6.50. The highest BCUT2D eigenvalue weighted by molar-refractivity contribution is 7.86. The van der Waals surface area contributed by atoms with Crippen LogP contribution in [0.2, 0.25) is 0 Å². The van der Waals surface area contributed by atoms with Crippen molar-refractivity contribution in [3.63, 3.8) is 0 Å². The van der Waals surface area contributed by atoms with E-state index in [1.165, 1.54) is 6.92 Å². The van der Waals surface area contributed by atoms with E-state index in [9.17, 15) is 21.6 Å². The molecular formula is C4H7F3O3S. The summed E-state index contributed by atoms with van der Waals surface area (Å²) in [7, 11) is -3.97. The van der Waals surface area contributed by atoms with Gasteiger partial charge in [-0.1, -0.05) is 0 Å². The molecule has 0 spiro atoms.